The van der Waals surface area contributed by atoms with Crippen LogP contribution in [0.1, 0.15) is 19.4 Å². The maximum atomic E-state index is 12.8. The zero-order chi connectivity index (χ0) is 22.5. The molecular weight excluding hydrogens is 435 g/mol. The highest BCUT2D eigenvalue weighted by atomic mass is 35.5. The van der Waals surface area contributed by atoms with Gasteiger partial charge in [-0.1, -0.05) is 71.2 Å². The number of rotatable bonds is 7. The molecule has 0 fully saturated rings. The summed E-state index contributed by atoms with van der Waals surface area (Å²) in [6.45, 7) is 5.42. The molecule has 0 saturated carbocycles. The van der Waals surface area contributed by atoms with E-state index in [0.717, 1.165) is 22.5 Å². The van der Waals surface area contributed by atoms with Crippen molar-refractivity contribution in [1.82, 2.24) is 14.7 Å². The van der Waals surface area contributed by atoms with Gasteiger partial charge in [-0.25, -0.2) is 4.68 Å². The Hall–Kier alpha value is -2.83. The first-order valence-electron chi connectivity index (χ1n) is 9.87. The van der Waals surface area contributed by atoms with Crippen LogP contribution in [0, 0.1) is 6.92 Å². The summed E-state index contributed by atoms with van der Waals surface area (Å²) >= 11 is 11.5. The molecule has 2 amide bonds. The van der Waals surface area contributed by atoms with Gasteiger partial charge in [0.05, 0.1) is 11.4 Å². The molecule has 1 aromatic heterocycles. The lowest BCUT2D eigenvalue weighted by atomic mass is 10.1. The molecule has 8 heteroatoms. The van der Waals surface area contributed by atoms with E-state index in [1.165, 1.54) is 4.90 Å². The Labute approximate surface area is 191 Å². The van der Waals surface area contributed by atoms with E-state index in [-0.39, 0.29) is 18.5 Å². The number of aryl methyl sites for hydroxylation is 1. The van der Waals surface area contributed by atoms with Gasteiger partial charge in [-0.05, 0) is 32.9 Å². The fourth-order valence-corrected chi connectivity index (χ4v) is 3.33. The molecule has 162 valence electrons. The van der Waals surface area contributed by atoms with Crippen LogP contribution in [0.3, 0.4) is 0 Å². The van der Waals surface area contributed by atoms with Gasteiger partial charge >= 0.3 is 0 Å². The molecule has 0 unspecified atom stereocenters. The Morgan fingerprint density at radius 2 is 1.71 bits per heavy atom. The number of carbonyl (C=O) groups is 2. The minimum Gasteiger partial charge on any atom is -0.329 e. The number of nitrogens with one attached hydrogen (secondary N) is 1. The monoisotopic (exact) mass is 458 g/mol. The first-order chi connectivity index (χ1) is 14.8. The fourth-order valence-electron chi connectivity index (χ4n) is 3.08. The molecule has 3 rings (SSSR count). The number of hydrogen-bond donors (Lipinski definition) is 1. The lowest BCUT2D eigenvalue weighted by Gasteiger charge is -2.26. The number of carbonyl (C=O) groups excluding carboxylic acids is 2. The average Bonchev–Trinajstić information content (AvgIpc) is 3.16. The number of nitrogens with zero attached hydrogens (tertiary/aromatic N) is 3. The van der Waals surface area contributed by atoms with Crippen molar-refractivity contribution in [3.05, 3.63) is 66.2 Å². The van der Waals surface area contributed by atoms with Crippen LogP contribution in [0.25, 0.3) is 16.9 Å². The van der Waals surface area contributed by atoms with Crippen LogP contribution in [-0.2, 0) is 9.59 Å². The lowest BCUT2D eigenvalue weighted by molar-refractivity contribution is -0.134. The molecule has 0 spiro atoms. The summed E-state index contributed by atoms with van der Waals surface area (Å²) in [5.41, 5.74) is 3.57. The predicted molar refractivity (Wildman–Crippen MR) is 125 cm³/mol. The first kappa shape index (κ1) is 22.8. The number of benzene rings is 2. The minimum atomic E-state index is -1.22. The average molecular weight is 459 g/mol. The summed E-state index contributed by atoms with van der Waals surface area (Å²) in [4.78, 5) is 25.2. The molecule has 2 aromatic carbocycles. The second-order valence-corrected chi connectivity index (χ2v) is 8.53. The van der Waals surface area contributed by atoms with Crippen molar-refractivity contribution in [3.63, 3.8) is 0 Å². The molecule has 1 N–H and O–H groups in total. The second-order valence-electron chi connectivity index (χ2n) is 7.44. The topological polar surface area (TPSA) is 67.2 Å². The van der Waals surface area contributed by atoms with E-state index in [2.05, 4.69) is 5.32 Å². The first-order valence-corrected chi connectivity index (χ1v) is 10.7. The van der Waals surface area contributed by atoms with Crippen molar-refractivity contribution in [1.29, 1.82) is 0 Å². The summed E-state index contributed by atoms with van der Waals surface area (Å²) < 4.78 is 1.67. The summed E-state index contributed by atoms with van der Waals surface area (Å²) in [7, 11) is 0. The third kappa shape index (κ3) is 5.66. The third-order valence-corrected chi connectivity index (χ3v) is 5.11. The lowest BCUT2D eigenvalue weighted by Crippen LogP contribution is -2.44. The van der Waals surface area contributed by atoms with Gasteiger partial charge in [-0.3, -0.25) is 9.59 Å². The van der Waals surface area contributed by atoms with Gasteiger partial charge in [0.2, 0.25) is 5.91 Å². The van der Waals surface area contributed by atoms with E-state index in [1.54, 1.807) is 24.6 Å². The highest BCUT2D eigenvalue weighted by Crippen LogP contribution is 2.25. The highest BCUT2D eigenvalue weighted by Gasteiger charge is 2.25. The molecule has 6 nitrogen and oxygen atoms in total. The van der Waals surface area contributed by atoms with Crippen molar-refractivity contribution < 1.29 is 9.59 Å². The van der Waals surface area contributed by atoms with Crippen LogP contribution in [-0.4, -0.2) is 43.9 Å². The number of amides is 2. The highest BCUT2D eigenvalue weighted by molar-refractivity contribution is 6.53. The Kier molecular flexibility index (Phi) is 7.36. The molecule has 0 aliphatic heterocycles. The number of hydrogen-bond acceptors (Lipinski definition) is 3. The molecule has 1 heterocycles. The molecule has 0 aliphatic carbocycles. The van der Waals surface area contributed by atoms with Crippen molar-refractivity contribution in [2.75, 3.05) is 11.9 Å². The van der Waals surface area contributed by atoms with E-state index in [0.29, 0.717) is 5.82 Å². The quantitative estimate of drug-likeness (QED) is 0.515. The summed E-state index contributed by atoms with van der Waals surface area (Å²) in [5.74, 6) is -0.383. The van der Waals surface area contributed by atoms with Gasteiger partial charge in [-0.15, -0.1) is 0 Å². The molecule has 0 bridgehead atoms. The zero-order valence-electron chi connectivity index (χ0n) is 17.5. The summed E-state index contributed by atoms with van der Waals surface area (Å²) in [6.07, 6.45) is 0. The van der Waals surface area contributed by atoms with E-state index < -0.39 is 10.7 Å². The smallest absolute Gasteiger partial charge is 0.256 e. The van der Waals surface area contributed by atoms with E-state index in [1.807, 2.05) is 61.5 Å². The Morgan fingerprint density at radius 3 is 2.29 bits per heavy atom. The SMILES string of the molecule is Cc1ccc(-n2nc(-c3ccccc3)cc2NC(=O)CN(C(=O)C(Cl)Cl)C(C)C)cc1. The van der Waals surface area contributed by atoms with E-state index >= 15 is 0 Å². The van der Waals surface area contributed by atoms with Crippen LogP contribution in [0.2, 0.25) is 0 Å². The standard InChI is InChI=1S/C23H24Cl2N4O2/c1-15(2)28(23(31)22(24)25)14-21(30)26-20-13-19(17-7-5-4-6-8-17)27-29(20)18-11-9-16(3)10-12-18/h4-13,15,22H,14H2,1-3H3,(H,26,30). The molecule has 31 heavy (non-hydrogen) atoms. The zero-order valence-corrected chi connectivity index (χ0v) is 19.1. The van der Waals surface area contributed by atoms with Crippen LogP contribution in [0.15, 0.2) is 60.7 Å². The van der Waals surface area contributed by atoms with Crippen molar-refractivity contribution in [3.8, 4) is 16.9 Å². The number of anilines is 1. The molecule has 0 atom stereocenters. The molecule has 0 radical (unpaired) electrons. The number of alkyl halides is 2. The van der Waals surface area contributed by atoms with Gasteiger partial charge in [0.1, 0.15) is 12.4 Å². The largest absolute Gasteiger partial charge is 0.329 e. The number of aromatic nitrogens is 2. The molecule has 0 aliphatic rings. The maximum Gasteiger partial charge on any atom is 0.256 e. The van der Waals surface area contributed by atoms with Crippen LogP contribution in [0.4, 0.5) is 5.82 Å². The Balaban J connectivity index is 1.91. The van der Waals surface area contributed by atoms with Crippen molar-refractivity contribution >= 4 is 40.8 Å². The van der Waals surface area contributed by atoms with Crippen LogP contribution in [0.5, 0.6) is 0 Å². The Morgan fingerprint density at radius 1 is 1.06 bits per heavy atom. The second kappa shape index (κ2) is 9.98. The normalized spacial score (nSPS) is 11.1. The van der Waals surface area contributed by atoms with E-state index in [4.69, 9.17) is 28.3 Å². The minimum absolute atomic E-state index is 0.174. The van der Waals surface area contributed by atoms with Gasteiger partial charge in [0.15, 0.2) is 4.84 Å². The van der Waals surface area contributed by atoms with Crippen LogP contribution >= 0.6 is 23.2 Å². The van der Waals surface area contributed by atoms with Crippen LogP contribution < -0.4 is 5.32 Å². The van der Waals surface area contributed by atoms with Gasteiger partial charge in [0.25, 0.3) is 5.91 Å². The van der Waals surface area contributed by atoms with Gasteiger partial charge in [0, 0.05) is 17.7 Å². The fraction of sp³-hybridized carbons (Fsp3) is 0.261. The van der Waals surface area contributed by atoms with Crippen molar-refractivity contribution in [2.24, 2.45) is 0 Å². The molecular formula is C23H24Cl2N4O2. The van der Waals surface area contributed by atoms with Gasteiger partial charge < -0.3 is 10.2 Å². The summed E-state index contributed by atoms with van der Waals surface area (Å²) in [6, 6.07) is 19.1. The number of halogens is 2. The maximum absolute atomic E-state index is 12.8. The Bertz CT molecular complexity index is 1050. The van der Waals surface area contributed by atoms with Gasteiger partial charge in [-0.2, -0.15) is 5.10 Å². The predicted octanol–water partition coefficient (Wildman–Crippen LogP) is 4.83. The summed E-state index contributed by atoms with van der Waals surface area (Å²) in [5, 5.41) is 7.56. The molecule has 0 saturated heterocycles. The van der Waals surface area contributed by atoms with E-state index in [9.17, 15) is 9.59 Å². The molecule has 3 aromatic rings. The van der Waals surface area contributed by atoms with Crippen molar-refractivity contribution in [2.45, 2.75) is 31.6 Å². The third-order valence-electron chi connectivity index (χ3n) is 4.73.